The summed E-state index contributed by atoms with van der Waals surface area (Å²) in [6.07, 6.45) is 9.74. The molecule has 0 amide bonds. The number of aliphatic hydroxyl groups is 1. The molecule has 2 aliphatic heterocycles. The Balaban J connectivity index is 1.15. The second-order valence-electron chi connectivity index (χ2n) is 11.3. The third-order valence-electron chi connectivity index (χ3n) is 9.19. The largest absolute Gasteiger partial charge is 0.386 e. The van der Waals surface area contributed by atoms with Crippen LogP contribution in [0.1, 0.15) is 33.1 Å². The van der Waals surface area contributed by atoms with E-state index in [2.05, 4.69) is 43.9 Å². The minimum atomic E-state index is -0.845. The van der Waals surface area contributed by atoms with Crippen LogP contribution in [0.3, 0.4) is 0 Å². The van der Waals surface area contributed by atoms with Crippen LogP contribution in [0.5, 0.6) is 0 Å². The third kappa shape index (κ3) is 2.83. The Hall–Kier alpha value is -2.13. The number of piperazine rings is 1. The number of ether oxygens (including phenoxy) is 1. The maximum Gasteiger partial charge on any atom is 0.105 e. The lowest BCUT2D eigenvalue weighted by Gasteiger charge is -2.61. The molecule has 3 aromatic rings. The number of halogens is 1. The Kier molecular flexibility index (Phi) is 4.34. The smallest absolute Gasteiger partial charge is 0.105 e. The Bertz CT molecular complexity index is 1260. The molecule has 3 aliphatic carbocycles. The summed E-state index contributed by atoms with van der Waals surface area (Å²) < 4.78 is 9.79. The molecule has 5 aliphatic rings. The van der Waals surface area contributed by atoms with Crippen molar-refractivity contribution in [2.24, 2.45) is 5.92 Å². The monoisotopic (exact) mass is 482 g/mol. The molecule has 2 atom stereocenters. The van der Waals surface area contributed by atoms with E-state index < -0.39 is 5.60 Å². The van der Waals surface area contributed by atoms with Crippen LogP contribution in [0.2, 0.25) is 5.02 Å². The first kappa shape index (κ1) is 21.2. The molecule has 0 radical (unpaired) electrons. The Labute approximate surface area is 204 Å². The van der Waals surface area contributed by atoms with Crippen LogP contribution in [-0.2, 0) is 10.3 Å². The van der Waals surface area contributed by atoms with Gasteiger partial charge in [-0.2, -0.15) is 10.2 Å². The van der Waals surface area contributed by atoms with Crippen molar-refractivity contribution in [3.05, 3.63) is 35.7 Å². The number of rotatable bonds is 4. The van der Waals surface area contributed by atoms with E-state index in [1.807, 2.05) is 30.1 Å². The van der Waals surface area contributed by atoms with Crippen molar-refractivity contribution in [2.75, 3.05) is 44.3 Å². The number of hydrogen-bond donors (Lipinski definition) is 1. The summed E-state index contributed by atoms with van der Waals surface area (Å²) in [4.78, 5) is 4.71. The fraction of sp³-hybridized carbons (Fsp3) is 0.600. The summed E-state index contributed by atoms with van der Waals surface area (Å²) in [7, 11) is 0. The van der Waals surface area contributed by atoms with Crippen molar-refractivity contribution < 1.29 is 9.84 Å². The topological polar surface area (TPSA) is 71.6 Å². The number of aromatic nitrogens is 4. The molecule has 34 heavy (non-hydrogen) atoms. The predicted octanol–water partition coefficient (Wildman–Crippen LogP) is 3.05. The Morgan fingerprint density at radius 2 is 1.79 bits per heavy atom. The summed E-state index contributed by atoms with van der Waals surface area (Å²) in [5.41, 5.74) is 2.12. The maximum absolute atomic E-state index is 10.9. The lowest BCUT2D eigenvalue weighted by Crippen LogP contribution is -2.65. The lowest BCUT2D eigenvalue weighted by atomic mass is 9.50. The molecule has 8 rings (SSSR count). The van der Waals surface area contributed by atoms with E-state index in [0.29, 0.717) is 13.2 Å². The van der Waals surface area contributed by atoms with Gasteiger partial charge in [-0.1, -0.05) is 11.6 Å². The molecule has 5 fully saturated rings. The van der Waals surface area contributed by atoms with Gasteiger partial charge in [0, 0.05) is 31.6 Å². The molecule has 9 heteroatoms. The van der Waals surface area contributed by atoms with Gasteiger partial charge >= 0.3 is 0 Å². The number of anilines is 1. The minimum absolute atomic E-state index is 0.270. The highest BCUT2D eigenvalue weighted by Crippen LogP contribution is 2.62. The average molecular weight is 483 g/mol. The van der Waals surface area contributed by atoms with Crippen LogP contribution in [-0.4, -0.2) is 80.1 Å². The third-order valence-corrected chi connectivity index (χ3v) is 9.49. The van der Waals surface area contributed by atoms with E-state index in [0.717, 1.165) is 59.4 Å². The fourth-order valence-corrected chi connectivity index (χ4v) is 6.80. The molecule has 1 aromatic carbocycles. The lowest BCUT2D eigenvalue weighted by molar-refractivity contribution is -0.0977. The van der Waals surface area contributed by atoms with Crippen LogP contribution in [0.15, 0.2) is 30.7 Å². The Morgan fingerprint density at radius 3 is 2.44 bits per heavy atom. The molecule has 0 spiro atoms. The molecule has 2 bridgehead atoms. The minimum Gasteiger partial charge on any atom is -0.386 e. The van der Waals surface area contributed by atoms with E-state index >= 15 is 0 Å². The first-order valence-corrected chi connectivity index (χ1v) is 12.7. The predicted molar refractivity (Wildman–Crippen MR) is 131 cm³/mol. The van der Waals surface area contributed by atoms with Gasteiger partial charge in [-0.05, 0) is 51.2 Å². The van der Waals surface area contributed by atoms with Gasteiger partial charge in [0.05, 0.1) is 59.1 Å². The van der Waals surface area contributed by atoms with Gasteiger partial charge in [0.1, 0.15) is 11.3 Å². The summed E-state index contributed by atoms with van der Waals surface area (Å²) in [5, 5.41) is 22.0. The van der Waals surface area contributed by atoms with Gasteiger partial charge in [0.15, 0.2) is 0 Å². The zero-order valence-corrected chi connectivity index (χ0v) is 20.5. The van der Waals surface area contributed by atoms with Crippen molar-refractivity contribution in [1.29, 1.82) is 0 Å². The van der Waals surface area contributed by atoms with Crippen LogP contribution < -0.4 is 4.90 Å². The molecule has 3 saturated carbocycles. The quantitative estimate of drug-likeness (QED) is 0.616. The summed E-state index contributed by atoms with van der Waals surface area (Å²) in [6, 6.07) is 4.18. The molecule has 1 N–H and O–H groups in total. The zero-order chi connectivity index (χ0) is 23.3. The molecule has 180 valence electrons. The second kappa shape index (κ2) is 6.97. The zero-order valence-electron chi connectivity index (χ0n) is 19.7. The number of hydrogen-bond acceptors (Lipinski definition) is 6. The molecule has 2 aromatic heterocycles. The van der Waals surface area contributed by atoms with Gasteiger partial charge in [0.25, 0.3) is 0 Å². The highest BCUT2D eigenvalue weighted by atomic mass is 35.5. The molecule has 0 unspecified atom stereocenters. The number of nitrogens with zero attached hydrogens (tertiary/aromatic N) is 6. The fourth-order valence-electron chi connectivity index (χ4n) is 6.51. The van der Waals surface area contributed by atoms with Crippen molar-refractivity contribution in [1.82, 2.24) is 24.5 Å². The average Bonchev–Trinajstić information content (AvgIpc) is 3.43. The summed E-state index contributed by atoms with van der Waals surface area (Å²) in [5.74, 6) is 0.915. The summed E-state index contributed by atoms with van der Waals surface area (Å²) >= 11 is 6.75. The van der Waals surface area contributed by atoms with E-state index in [1.165, 1.54) is 19.3 Å². The highest BCUT2D eigenvalue weighted by molar-refractivity contribution is 6.34. The van der Waals surface area contributed by atoms with Crippen LogP contribution in [0.4, 0.5) is 5.69 Å². The SMILES string of the molecule is C[C@@]1(N2CCN(c3cc4c(cnn4-c4cnn(C56CC(C5)C6)c4)cc3Cl)CC2)COC[C@@]1(C)O. The molecule has 8 nitrogen and oxygen atoms in total. The molecule has 4 heterocycles. The maximum atomic E-state index is 10.9. The van der Waals surface area contributed by atoms with Crippen LogP contribution in [0.25, 0.3) is 16.6 Å². The van der Waals surface area contributed by atoms with Crippen LogP contribution in [0, 0.1) is 5.92 Å². The first-order valence-electron chi connectivity index (χ1n) is 12.3. The second-order valence-corrected chi connectivity index (χ2v) is 11.7. The Morgan fingerprint density at radius 1 is 1.03 bits per heavy atom. The number of benzene rings is 1. The van der Waals surface area contributed by atoms with E-state index in [9.17, 15) is 5.11 Å². The van der Waals surface area contributed by atoms with Crippen molar-refractivity contribution >= 4 is 28.2 Å². The first-order chi connectivity index (χ1) is 16.3. The van der Waals surface area contributed by atoms with E-state index in [1.54, 1.807) is 0 Å². The summed E-state index contributed by atoms with van der Waals surface area (Å²) in [6.45, 7) is 8.31. The van der Waals surface area contributed by atoms with Gasteiger partial charge in [-0.15, -0.1) is 0 Å². The van der Waals surface area contributed by atoms with Gasteiger partial charge < -0.3 is 14.7 Å². The van der Waals surface area contributed by atoms with Crippen molar-refractivity contribution in [2.45, 2.75) is 49.8 Å². The van der Waals surface area contributed by atoms with Gasteiger partial charge in [-0.25, -0.2) is 4.68 Å². The standard InChI is InChI=1S/C25H31ClN6O2/c1-23(15-34-16-24(23,2)33)30-5-3-29(4-6-30)22-8-21-18(7-20(22)26)12-28-32(21)19-13-27-31(14-19)25-9-17(10-25)11-25/h7-8,12-14,17,33H,3-6,9-11,15-16H2,1-2H3/t17?,23-,24-,25?/m1/s1. The normalized spacial score (nSPS) is 35.5. The van der Waals surface area contributed by atoms with Crippen LogP contribution >= 0.6 is 11.6 Å². The van der Waals surface area contributed by atoms with Crippen molar-refractivity contribution in [3.63, 3.8) is 0 Å². The molecular formula is C25H31ClN6O2. The highest BCUT2D eigenvalue weighted by Gasteiger charge is 2.58. The molecule has 2 saturated heterocycles. The van der Waals surface area contributed by atoms with Gasteiger partial charge in [0.2, 0.25) is 0 Å². The van der Waals surface area contributed by atoms with Gasteiger partial charge in [-0.3, -0.25) is 9.58 Å². The molecular weight excluding hydrogens is 452 g/mol. The van der Waals surface area contributed by atoms with E-state index in [4.69, 9.17) is 16.3 Å². The van der Waals surface area contributed by atoms with Crippen molar-refractivity contribution in [3.8, 4) is 5.69 Å². The van der Waals surface area contributed by atoms with E-state index in [-0.39, 0.29) is 11.1 Å². The number of fused-ring (bicyclic) bond motifs is 1.